The second-order valence-corrected chi connectivity index (χ2v) is 9.29. The minimum absolute atomic E-state index is 0.0320. The predicted octanol–water partition coefficient (Wildman–Crippen LogP) is 1.71. The van der Waals surface area contributed by atoms with Gasteiger partial charge in [0.2, 0.25) is 0 Å². The first-order valence-corrected chi connectivity index (χ1v) is 10.5. The number of hydrogen-bond acceptors (Lipinski definition) is 5. The summed E-state index contributed by atoms with van der Waals surface area (Å²) < 4.78 is 5.35. The molecule has 7 atom stereocenters. The van der Waals surface area contributed by atoms with Gasteiger partial charge in [-0.1, -0.05) is 24.5 Å². The molecule has 0 radical (unpaired) electrons. The van der Waals surface area contributed by atoms with Gasteiger partial charge in [0.15, 0.2) is 0 Å². The summed E-state index contributed by atoms with van der Waals surface area (Å²) in [6, 6.07) is 1.08. The first-order chi connectivity index (χ1) is 12.6. The van der Waals surface area contributed by atoms with Crippen LogP contribution in [0.25, 0.3) is 0 Å². The van der Waals surface area contributed by atoms with Crippen LogP contribution >= 0.6 is 0 Å². The molecule has 3 heterocycles. The number of carbonyl (C=O) groups is 1. The van der Waals surface area contributed by atoms with Gasteiger partial charge in [-0.05, 0) is 45.1 Å². The zero-order chi connectivity index (χ0) is 18.1. The van der Waals surface area contributed by atoms with Crippen molar-refractivity contribution in [3.8, 4) is 0 Å². The summed E-state index contributed by atoms with van der Waals surface area (Å²) in [6.07, 6.45) is 9.39. The van der Waals surface area contributed by atoms with Crippen molar-refractivity contribution in [2.45, 2.75) is 63.6 Å². The molecule has 0 unspecified atom stereocenters. The van der Waals surface area contributed by atoms with Crippen LogP contribution in [0.5, 0.6) is 0 Å². The van der Waals surface area contributed by atoms with E-state index in [1.54, 1.807) is 0 Å². The van der Waals surface area contributed by atoms with Gasteiger partial charge in [-0.15, -0.1) is 0 Å². The SMILES string of the molecule is C/C=C1/CN2CC[C@@]34[C@@H]5CCCC[C@H]5N[C@@H]3[C@](CO)(C(=O)OC)[C@H]1C[C@H]24. The molecule has 5 fully saturated rings. The molecule has 0 amide bonds. The third kappa shape index (κ3) is 1.80. The minimum atomic E-state index is -0.832. The van der Waals surface area contributed by atoms with Crippen LogP contribution in [0.15, 0.2) is 11.6 Å². The summed E-state index contributed by atoms with van der Waals surface area (Å²) in [4.78, 5) is 15.9. The first kappa shape index (κ1) is 17.2. The lowest BCUT2D eigenvalue weighted by atomic mass is 9.47. The van der Waals surface area contributed by atoms with Crippen molar-refractivity contribution in [1.29, 1.82) is 0 Å². The van der Waals surface area contributed by atoms with Gasteiger partial charge in [0.25, 0.3) is 0 Å². The molecule has 3 aliphatic heterocycles. The van der Waals surface area contributed by atoms with E-state index in [0.717, 1.165) is 25.9 Å². The van der Waals surface area contributed by atoms with Crippen LogP contribution in [0, 0.1) is 22.7 Å². The van der Waals surface area contributed by atoms with E-state index in [2.05, 4.69) is 23.2 Å². The molecule has 1 spiro atoms. The smallest absolute Gasteiger partial charge is 0.316 e. The quantitative estimate of drug-likeness (QED) is 0.580. The molecule has 2 aliphatic carbocycles. The number of aliphatic hydroxyl groups is 1. The summed E-state index contributed by atoms with van der Waals surface area (Å²) in [6.45, 7) is 4.04. The van der Waals surface area contributed by atoms with Crippen LogP contribution in [-0.4, -0.2) is 60.9 Å². The molecular formula is C21H32N2O3. The van der Waals surface area contributed by atoms with E-state index in [1.165, 1.54) is 38.4 Å². The van der Waals surface area contributed by atoms with Crippen LogP contribution in [-0.2, 0) is 9.53 Å². The van der Waals surface area contributed by atoms with Gasteiger partial charge in [-0.25, -0.2) is 0 Å². The number of ether oxygens (including phenoxy) is 1. The van der Waals surface area contributed by atoms with Gasteiger partial charge >= 0.3 is 5.97 Å². The highest BCUT2D eigenvalue weighted by molar-refractivity contribution is 5.80. The second-order valence-electron chi connectivity index (χ2n) is 9.29. The minimum Gasteiger partial charge on any atom is -0.468 e. The Bertz CT molecular complexity index is 649. The maximum absolute atomic E-state index is 13.2. The Labute approximate surface area is 156 Å². The average Bonchev–Trinajstić information content (AvgIpc) is 3.24. The monoisotopic (exact) mass is 360 g/mol. The van der Waals surface area contributed by atoms with Crippen molar-refractivity contribution >= 4 is 5.97 Å². The number of methoxy groups -OCH3 is 1. The number of esters is 1. The molecule has 2 saturated carbocycles. The summed E-state index contributed by atoms with van der Waals surface area (Å²) in [7, 11) is 1.49. The lowest BCUT2D eigenvalue weighted by molar-refractivity contribution is -0.176. The first-order valence-electron chi connectivity index (χ1n) is 10.5. The van der Waals surface area contributed by atoms with Crippen molar-refractivity contribution in [2.24, 2.45) is 22.7 Å². The van der Waals surface area contributed by atoms with E-state index < -0.39 is 5.41 Å². The number of nitrogens with zero attached hydrogens (tertiary/aromatic N) is 1. The van der Waals surface area contributed by atoms with Crippen molar-refractivity contribution in [3.63, 3.8) is 0 Å². The fraction of sp³-hybridized carbons (Fsp3) is 0.857. The highest BCUT2D eigenvalue weighted by atomic mass is 16.5. The highest BCUT2D eigenvalue weighted by Crippen LogP contribution is 2.67. The molecule has 2 N–H and O–H groups in total. The molecule has 5 heteroatoms. The Balaban J connectivity index is 1.71. The summed E-state index contributed by atoms with van der Waals surface area (Å²) in [5.74, 6) is 0.522. The number of piperidine rings is 1. The number of rotatable bonds is 2. The fourth-order valence-electron chi connectivity index (χ4n) is 7.98. The number of carbonyl (C=O) groups excluding carboxylic acids is 1. The lowest BCUT2D eigenvalue weighted by Gasteiger charge is -2.60. The number of allylic oxidation sites excluding steroid dienone is 1. The Hall–Kier alpha value is -0.910. The Morgan fingerprint density at radius 2 is 2.23 bits per heavy atom. The second kappa shape index (κ2) is 5.79. The number of hydrogen-bond donors (Lipinski definition) is 2. The maximum atomic E-state index is 13.2. The molecular weight excluding hydrogens is 328 g/mol. The van der Waals surface area contributed by atoms with Crippen molar-refractivity contribution in [3.05, 3.63) is 11.6 Å². The third-order valence-electron chi connectivity index (χ3n) is 8.89. The maximum Gasteiger partial charge on any atom is 0.316 e. The van der Waals surface area contributed by atoms with E-state index in [-0.39, 0.29) is 30.0 Å². The zero-order valence-corrected chi connectivity index (χ0v) is 16.0. The molecule has 5 nitrogen and oxygen atoms in total. The van der Waals surface area contributed by atoms with E-state index in [4.69, 9.17) is 4.74 Å². The van der Waals surface area contributed by atoms with Gasteiger partial charge in [0.05, 0.1) is 13.7 Å². The Kier molecular flexibility index (Phi) is 3.83. The van der Waals surface area contributed by atoms with Gasteiger partial charge in [-0.3, -0.25) is 9.69 Å². The molecule has 0 aromatic rings. The number of aliphatic hydroxyl groups excluding tert-OH is 1. The van der Waals surface area contributed by atoms with Gasteiger partial charge in [0.1, 0.15) is 5.41 Å². The van der Waals surface area contributed by atoms with Gasteiger partial charge in [0, 0.05) is 36.0 Å². The molecule has 0 aromatic carbocycles. The molecule has 26 heavy (non-hydrogen) atoms. The van der Waals surface area contributed by atoms with E-state index in [1.807, 2.05) is 0 Å². The summed E-state index contributed by atoms with van der Waals surface area (Å²) in [5, 5.41) is 14.6. The Morgan fingerprint density at radius 3 is 2.96 bits per heavy atom. The number of nitrogens with one attached hydrogen (secondary N) is 1. The van der Waals surface area contributed by atoms with Gasteiger partial charge < -0.3 is 15.2 Å². The molecule has 0 aromatic heterocycles. The third-order valence-corrected chi connectivity index (χ3v) is 8.89. The van der Waals surface area contributed by atoms with Crippen LogP contribution in [0.3, 0.4) is 0 Å². The van der Waals surface area contributed by atoms with Crippen LogP contribution < -0.4 is 5.32 Å². The van der Waals surface area contributed by atoms with E-state index in [0.29, 0.717) is 18.0 Å². The highest BCUT2D eigenvalue weighted by Gasteiger charge is 2.75. The normalized spacial score (nSPS) is 51.2. The van der Waals surface area contributed by atoms with Gasteiger partial charge in [-0.2, -0.15) is 0 Å². The summed E-state index contributed by atoms with van der Waals surface area (Å²) >= 11 is 0. The van der Waals surface area contributed by atoms with Crippen LogP contribution in [0.1, 0.15) is 45.4 Å². The summed E-state index contributed by atoms with van der Waals surface area (Å²) in [5.41, 5.74) is 0.603. The van der Waals surface area contributed by atoms with Crippen LogP contribution in [0.2, 0.25) is 0 Å². The number of fused-ring (bicyclic) bond motifs is 2. The molecule has 2 bridgehead atoms. The van der Waals surface area contributed by atoms with Crippen molar-refractivity contribution in [2.75, 3.05) is 26.8 Å². The van der Waals surface area contributed by atoms with Crippen molar-refractivity contribution in [1.82, 2.24) is 10.2 Å². The Morgan fingerprint density at radius 1 is 1.42 bits per heavy atom. The standard InChI is InChI=1S/C21H32N2O3/c1-3-13-11-23-9-8-20-14-6-4-5-7-16(14)22-18(20)21(12-24,19(25)26-2)15(13)10-17(20)23/h3,14-18,22,24H,4-12H2,1-2H3/b13-3-/t14-,15+,16-,17+,18+,20+,21-/m1/s1. The molecule has 3 saturated heterocycles. The van der Waals surface area contributed by atoms with Crippen LogP contribution in [0.4, 0.5) is 0 Å². The fourth-order valence-corrected chi connectivity index (χ4v) is 7.98. The van der Waals surface area contributed by atoms with Crippen molar-refractivity contribution < 1.29 is 14.6 Å². The average molecular weight is 360 g/mol. The molecule has 5 aliphatic rings. The predicted molar refractivity (Wildman–Crippen MR) is 98.5 cm³/mol. The largest absolute Gasteiger partial charge is 0.468 e. The topological polar surface area (TPSA) is 61.8 Å². The molecule has 5 rings (SSSR count). The van der Waals surface area contributed by atoms with E-state index in [9.17, 15) is 9.90 Å². The lowest BCUT2D eigenvalue weighted by Crippen LogP contribution is -2.70. The van der Waals surface area contributed by atoms with E-state index >= 15 is 0 Å². The molecule has 144 valence electrons. The zero-order valence-electron chi connectivity index (χ0n) is 16.0.